The van der Waals surface area contributed by atoms with Gasteiger partial charge in [-0.15, -0.1) is 0 Å². The average molecular weight is 204 g/mol. The molecule has 1 rings (SSSR count). The molecule has 0 radical (unpaired) electrons. The van der Waals surface area contributed by atoms with Gasteiger partial charge in [-0.2, -0.15) is 0 Å². The van der Waals surface area contributed by atoms with Crippen molar-refractivity contribution >= 4 is 0 Å². The third kappa shape index (κ3) is 2.67. The third-order valence-corrected chi connectivity index (χ3v) is 2.73. The van der Waals surface area contributed by atoms with Gasteiger partial charge in [0.25, 0.3) is 0 Å². The summed E-state index contributed by atoms with van der Waals surface area (Å²) in [5.41, 5.74) is 0. The van der Waals surface area contributed by atoms with Crippen LogP contribution in [0.25, 0.3) is 0 Å². The van der Waals surface area contributed by atoms with Crippen LogP contribution in [0.4, 0.5) is 0 Å². The highest BCUT2D eigenvalue weighted by Crippen LogP contribution is 2.27. The molecule has 0 aromatic rings. The van der Waals surface area contributed by atoms with Gasteiger partial charge in [0.05, 0.1) is 18.8 Å². The Balaban J connectivity index is 2.53. The molecular formula is C10H20O4. The van der Waals surface area contributed by atoms with Gasteiger partial charge < -0.3 is 18.9 Å². The zero-order valence-corrected chi connectivity index (χ0v) is 9.36. The second kappa shape index (κ2) is 5.66. The Bertz CT molecular complexity index is 148. The number of methoxy groups -OCH3 is 3. The molecular weight excluding hydrogens is 184 g/mol. The van der Waals surface area contributed by atoms with E-state index in [-0.39, 0.29) is 24.4 Å². The van der Waals surface area contributed by atoms with Crippen molar-refractivity contribution in [3.63, 3.8) is 0 Å². The van der Waals surface area contributed by atoms with E-state index in [0.29, 0.717) is 6.61 Å². The van der Waals surface area contributed by atoms with Crippen molar-refractivity contribution in [2.75, 3.05) is 27.9 Å². The molecule has 0 aromatic carbocycles. The van der Waals surface area contributed by atoms with E-state index in [0.717, 1.165) is 6.42 Å². The van der Waals surface area contributed by atoms with E-state index in [1.165, 1.54) is 0 Å². The summed E-state index contributed by atoms with van der Waals surface area (Å²) in [5.74, 6) is 0.262. The Kier molecular flexibility index (Phi) is 4.81. The van der Waals surface area contributed by atoms with Crippen LogP contribution >= 0.6 is 0 Å². The number of hydrogen-bond acceptors (Lipinski definition) is 4. The molecule has 0 bridgehead atoms. The maximum absolute atomic E-state index is 5.69. The van der Waals surface area contributed by atoms with Crippen molar-refractivity contribution in [3.8, 4) is 0 Å². The van der Waals surface area contributed by atoms with Crippen LogP contribution in [0.3, 0.4) is 0 Å². The predicted molar refractivity (Wildman–Crippen MR) is 52.1 cm³/mol. The van der Waals surface area contributed by atoms with Crippen LogP contribution in [0.1, 0.15) is 13.3 Å². The molecule has 1 fully saturated rings. The summed E-state index contributed by atoms with van der Waals surface area (Å²) in [7, 11) is 5.05. The summed E-state index contributed by atoms with van der Waals surface area (Å²) >= 11 is 0. The molecule has 1 aliphatic heterocycles. The summed E-state index contributed by atoms with van der Waals surface area (Å²) in [4.78, 5) is 0. The van der Waals surface area contributed by atoms with Crippen molar-refractivity contribution in [2.24, 2.45) is 5.92 Å². The van der Waals surface area contributed by atoms with Crippen molar-refractivity contribution in [2.45, 2.75) is 31.8 Å². The number of rotatable bonds is 4. The van der Waals surface area contributed by atoms with Gasteiger partial charge in [-0.25, -0.2) is 0 Å². The van der Waals surface area contributed by atoms with Gasteiger partial charge in [-0.05, 0) is 0 Å². The monoisotopic (exact) mass is 204 g/mol. The Morgan fingerprint density at radius 1 is 1.21 bits per heavy atom. The molecule has 0 spiro atoms. The molecule has 4 atom stereocenters. The first-order valence-electron chi connectivity index (χ1n) is 4.92. The first kappa shape index (κ1) is 11.9. The Hall–Kier alpha value is -0.160. The fourth-order valence-corrected chi connectivity index (χ4v) is 1.89. The molecule has 84 valence electrons. The minimum atomic E-state index is -0.186. The van der Waals surface area contributed by atoms with Crippen LogP contribution in [0.2, 0.25) is 0 Å². The summed E-state index contributed by atoms with van der Waals surface area (Å²) in [6.45, 7) is 2.66. The first-order chi connectivity index (χ1) is 6.72. The van der Waals surface area contributed by atoms with Gasteiger partial charge in [0.2, 0.25) is 0 Å². The molecule has 0 amide bonds. The fourth-order valence-electron chi connectivity index (χ4n) is 1.89. The molecule has 1 saturated heterocycles. The van der Waals surface area contributed by atoms with Crippen molar-refractivity contribution < 1.29 is 18.9 Å². The Labute approximate surface area is 85.5 Å². The summed E-state index contributed by atoms with van der Waals surface area (Å²) < 4.78 is 21.4. The highest BCUT2D eigenvalue weighted by Gasteiger charge is 2.36. The maximum atomic E-state index is 5.69. The molecule has 4 nitrogen and oxygen atoms in total. The van der Waals surface area contributed by atoms with E-state index in [1.807, 2.05) is 0 Å². The van der Waals surface area contributed by atoms with Crippen molar-refractivity contribution in [1.82, 2.24) is 0 Å². The molecule has 3 unspecified atom stereocenters. The van der Waals surface area contributed by atoms with Crippen LogP contribution in [-0.4, -0.2) is 46.4 Å². The molecule has 14 heavy (non-hydrogen) atoms. The smallest absolute Gasteiger partial charge is 0.162 e. The lowest BCUT2D eigenvalue weighted by molar-refractivity contribution is -0.244. The second-order valence-corrected chi connectivity index (χ2v) is 3.69. The standard InChI is InChI=1S/C10H20O4/c1-7-9(12-3)5-8(6-11-2)14-10(7)13-4/h7-10H,5-6H2,1-4H3/t7?,8?,9?,10-/m0/s1. The van der Waals surface area contributed by atoms with E-state index in [9.17, 15) is 0 Å². The third-order valence-electron chi connectivity index (χ3n) is 2.73. The number of hydrogen-bond donors (Lipinski definition) is 0. The van der Waals surface area contributed by atoms with Crippen LogP contribution in [-0.2, 0) is 18.9 Å². The lowest BCUT2D eigenvalue weighted by Crippen LogP contribution is -2.46. The van der Waals surface area contributed by atoms with Gasteiger partial charge in [-0.3, -0.25) is 0 Å². The normalized spacial score (nSPS) is 38.6. The van der Waals surface area contributed by atoms with Crippen LogP contribution in [0, 0.1) is 5.92 Å². The Morgan fingerprint density at radius 2 is 1.93 bits per heavy atom. The molecule has 0 N–H and O–H groups in total. The van der Waals surface area contributed by atoms with Gasteiger partial charge >= 0.3 is 0 Å². The SMILES string of the molecule is COCC1CC(OC)C(C)[C@@H](OC)O1. The van der Waals surface area contributed by atoms with Crippen LogP contribution in [0.15, 0.2) is 0 Å². The van der Waals surface area contributed by atoms with E-state index >= 15 is 0 Å². The summed E-state index contributed by atoms with van der Waals surface area (Å²) in [6, 6.07) is 0. The summed E-state index contributed by atoms with van der Waals surface area (Å²) in [5, 5.41) is 0. The molecule has 0 saturated carbocycles. The predicted octanol–water partition coefficient (Wildman–Crippen LogP) is 1.05. The van der Waals surface area contributed by atoms with Gasteiger partial charge in [0, 0.05) is 33.7 Å². The zero-order chi connectivity index (χ0) is 10.6. The fraction of sp³-hybridized carbons (Fsp3) is 1.00. The van der Waals surface area contributed by atoms with E-state index in [1.54, 1.807) is 21.3 Å². The zero-order valence-electron chi connectivity index (χ0n) is 9.36. The van der Waals surface area contributed by atoms with Crippen LogP contribution in [0.5, 0.6) is 0 Å². The summed E-state index contributed by atoms with van der Waals surface area (Å²) in [6.07, 6.45) is 0.944. The van der Waals surface area contributed by atoms with Crippen LogP contribution < -0.4 is 0 Å². The van der Waals surface area contributed by atoms with Gasteiger partial charge in [0.15, 0.2) is 6.29 Å². The van der Waals surface area contributed by atoms with Crippen molar-refractivity contribution in [1.29, 1.82) is 0 Å². The molecule has 4 heteroatoms. The lowest BCUT2D eigenvalue weighted by atomic mass is 9.95. The van der Waals surface area contributed by atoms with Crippen molar-refractivity contribution in [3.05, 3.63) is 0 Å². The Morgan fingerprint density at radius 3 is 2.43 bits per heavy atom. The van der Waals surface area contributed by atoms with Gasteiger partial charge in [0.1, 0.15) is 0 Å². The van der Waals surface area contributed by atoms with E-state index < -0.39 is 0 Å². The average Bonchev–Trinajstić information content (AvgIpc) is 2.20. The number of ether oxygens (including phenoxy) is 4. The minimum Gasteiger partial charge on any atom is -0.382 e. The molecule has 1 aliphatic rings. The van der Waals surface area contributed by atoms with Gasteiger partial charge in [-0.1, -0.05) is 6.92 Å². The largest absolute Gasteiger partial charge is 0.382 e. The topological polar surface area (TPSA) is 36.9 Å². The van der Waals surface area contributed by atoms with E-state index in [2.05, 4.69) is 6.92 Å². The lowest BCUT2D eigenvalue weighted by Gasteiger charge is -2.38. The minimum absolute atomic E-state index is 0.0751. The molecule has 0 aromatic heterocycles. The first-order valence-corrected chi connectivity index (χ1v) is 4.92. The van der Waals surface area contributed by atoms with E-state index in [4.69, 9.17) is 18.9 Å². The molecule has 1 heterocycles. The highest BCUT2D eigenvalue weighted by molar-refractivity contribution is 4.79. The maximum Gasteiger partial charge on any atom is 0.162 e. The second-order valence-electron chi connectivity index (χ2n) is 3.69. The highest BCUT2D eigenvalue weighted by atomic mass is 16.7. The molecule has 0 aliphatic carbocycles. The quantitative estimate of drug-likeness (QED) is 0.685.